The Morgan fingerprint density at radius 1 is 1.22 bits per heavy atom. The highest BCUT2D eigenvalue weighted by molar-refractivity contribution is 5.89. The number of halogens is 3. The largest absolute Gasteiger partial charge is 0.391 e. The van der Waals surface area contributed by atoms with Crippen LogP contribution in [0.5, 0.6) is 0 Å². The van der Waals surface area contributed by atoms with E-state index in [1.165, 1.54) is 24.3 Å². The Labute approximate surface area is 130 Å². The average Bonchev–Trinajstić information content (AvgIpc) is 2.47. The third-order valence-corrected chi connectivity index (χ3v) is 3.84. The molecule has 0 spiro atoms. The van der Waals surface area contributed by atoms with E-state index in [2.05, 4.69) is 10.6 Å². The van der Waals surface area contributed by atoms with Crippen LogP contribution in [0, 0.1) is 16.0 Å². The smallest absolute Gasteiger partial charge is 0.335 e. The molecule has 2 rings (SSSR count). The van der Waals surface area contributed by atoms with Crippen molar-refractivity contribution in [3.05, 3.63) is 34.4 Å². The standard InChI is InChI=1S/C14H16F3N3O3/c15-14(16,17)9-4-6-10(7-5-9)18-13(21)19-11-2-1-3-12(8-11)20(22)23/h1-3,8-10H,4-7H2,(H2,18,19,21). The van der Waals surface area contributed by atoms with Crippen molar-refractivity contribution in [3.8, 4) is 0 Å². The monoisotopic (exact) mass is 331 g/mol. The summed E-state index contributed by atoms with van der Waals surface area (Å²) in [6, 6.07) is 4.52. The van der Waals surface area contributed by atoms with Crippen molar-refractivity contribution >= 4 is 17.4 Å². The maximum Gasteiger partial charge on any atom is 0.391 e. The van der Waals surface area contributed by atoms with Gasteiger partial charge in [0, 0.05) is 23.9 Å². The molecular weight excluding hydrogens is 315 g/mol. The normalized spacial score (nSPS) is 21.5. The van der Waals surface area contributed by atoms with E-state index in [4.69, 9.17) is 0 Å². The molecule has 2 amide bonds. The summed E-state index contributed by atoms with van der Waals surface area (Å²) in [6.07, 6.45) is -3.69. The van der Waals surface area contributed by atoms with Crippen LogP contribution in [0.2, 0.25) is 0 Å². The van der Waals surface area contributed by atoms with Crippen LogP contribution in [0.4, 0.5) is 29.3 Å². The van der Waals surface area contributed by atoms with Gasteiger partial charge < -0.3 is 10.6 Å². The Morgan fingerprint density at radius 3 is 2.43 bits per heavy atom. The van der Waals surface area contributed by atoms with Gasteiger partial charge in [-0.25, -0.2) is 4.79 Å². The molecule has 9 heteroatoms. The fraction of sp³-hybridized carbons (Fsp3) is 0.500. The molecule has 23 heavy (non-hydrogen) atoms. The molecular formula is C14H16F3N3O3. The molecule has 126 valence electrons. The summed E-state index contributed by atoms with van der Waals surface area (Å²) in [4.78, 5) is 21.9. The number of anilines is 1. The molecule has 1 saturated carbocycles. The van der Waals surface area contributed by atoms with Crippen LogP contribution >= 0.6 is 0 Å². The molecule has 6 nitrogen and oxygen atoms in total. The van der Waals surface area contributed by atoms with Gasteiger partial charge >= 0.3 is 12.2 Å². The molecule has 1 aliphatic rings. The second-order valence-corrected chi connectivity index (χ2v) is 5.50. The lowest BCUT2D eigenvalue weighted by Crippen LogP contribution is -2.41. The molecule has 0 atom stereocenters. The van der Waals surface area contributed by atoms with Crippen molar-refractivity contribution in [2.45, 2.75) is 37.9 Å². The first kappa shape index (κ1) is 17.0. The highest BCUT2D eigenvalue weighted by atomic mass is 19.4. The van der Waals surface area contributed by atoms with Crippen LogP contribution in [0.1, 0.15) is 25.7 Å². The van der Waals surface area contributed by atoms with Crippen LogP contribution < -0.4 is 10.6 Å². The number of nitro groups is 1. The molecule has 0 bridgehead atoms. The summed E-state index contributed by atoms with van der Waals surface area (Å²) in [5.41, 5.74) is 0.0918. The maximum absolute atomic E-state index is 12.6. The zero-order valence-corrected chi connectivity index (χ0v) is 12.1. The Kier molecular flexibility index (Phi) is 5.07. The van der Waals surface area contributed by atoms with E-state index in [0.29, 0.717) is 0 Å². The van der Waals surface area contributed by atoms with Crippen molar-refractivity contribution in [2.24, 2.45) is 5.92 Å². The van der Waals surface area contributed by atoms with Gasteiger partial charge in [-0.1, -0.05) is 6.07 Å². The number of rotatable bonds is 3. The number of nitrogens with one attached hydrogen (secondary N) is 2. The lowest BCUT2D eigenvalue weighted by Gasteiger charge is -2.30. The number of hydrogen-bond acceptors (Lipinski definition) is 3. The molecule has 1 aliphatic carbocycles. The fourth-order valence-corrected chi connectivity index (χ4v) is 2.61. The van der Waals surface area contributed by atoms with Crippen LogP contribution in [0.3, 0.4) is 0 Å². The number of carbonyl (C=O) groups is 1. The molecule has 0 saturated heterocycles. The maximum atomic E-state index is 12.6. The lowest BCUT2D eigenvalue weighted by atomic mass is 9.86. The van der Waals surface area contributed by atoms with Crippen LogP contribution in [-0.2, 0) is 0 Å². The van der Waals surface area contributed by atoms with Gasteiger partial charge in [0.05, 0.1) is 10.8 Å². The number of carbonyl (C=O) groups excluding carboxylic acids is 1. The van der Waals surface area contributed by atoms with E-state index in [9.17, 15) is 28.1 Å². The molecule has 1 aromatic carbocycles. The Balaban J connectivity index is 1.84. The Morgan fingerprint density at radius 2 is 1.87 bits per heavy atom. The van der Waals surface area contributed by atoms with E-state index in [0.717, 1.165) is 0 Å². The van der Waals surface area contributed by atoms with Crippen molar-refractivity contribution in [1.82, 2.24) is 5.32 Å². The summed E-state index contributed by atoms with van der Waals surface area (Å²) in [5, 5.41) is 15.7. The van der Waals surface area contributed by atoms with E-state index in [-0.39, 0.29) is 43.1 Å². The Hall–Kier alpha value is -2.32. The van der Waals surface area contributed by atoms with Crippen molar-refractivity contribution in [2.75, 3.05) is 5.32 Å². The zero-order valence-electron chi connectivity index (χ0n) is 12.1. The van der Waals surface area contributed by atoms with Gasteiger partial charge in [-0.2, -0.15) is 13.2 Å². The minimum absolute atomic E-state index is 0.00868. The third kappa shape index (κ3) is 4.83. The molecule has 1 fully saturated rings. The molecule has 2 N–H and O–H groups in total. The molecule has 0 unspecified atom stereocenters. The first-order chi connectivity index (χ1) is 10.8. The number of alkyl halides is 3. The quantitative estimate of drug-likeness (QED) is 0.652. The van der Waals surface area contributed by atoms with E-state index >= 15 is 0 Å². The summed E-state index contributed by atoms with van der Waals surface area (Å²) >= 11 is 0. The van der Waals surface area contributed by atoms with Gasteiger partial charge in [-0.3, -0.25) is 10.1 Å². The van der Waals surface area contributed by atoms with E-state index in [1.807, 2.05) is 0 Å². The number of benzene rings is 1. The van der Waals surface area contributed by atoms with Gasteiger partial charge in [-0.05, 0) is 31.7 Å². The molecule has 0 aliphatic heterocycles. The number of amides is 2. The number of urea groups is 1. The van der Waals surface area contributed by atoms with Crippen LogP contribution in [0.25, 0.3) is 0 Å². The second kappa shape index (κ2) is 6.84. The predicted molar refractivity (Wildman–Crippen MR) is 77.1 cm³/mol. The average molecular weight is 331 g/mol. The highest BCUT2D eigenvalue weighted by Gasteiger charge is 2.41. The van der Waals surface area contributed by atoms with E-state index < -0.39 is 23.0 Å². The summed E-state index contributed by atoms with van der Waals surface area (Å²) in [5.74, 6) is -1.31. The second-order valence-electron chi connectivity index (χ2n) is 5.50. The highest BCUT2D eigenvalue weighted by Crippen LogP contribution is 2.37. The lowest BCUT2D eigenvalue weighted by molar-refractivity contribution is -0.384. The van der Waals surface area contributed by atoms with Crippen molar-refractivity contribution < 1.29 is 22.9 Å². The van der Waals surface area contributed by atoms with Gasteiger partial charge in [-0.15, -0.1) is 0 Å². The molecule has 0 radical (unpaired) electrons. The molecule has 0 heterocycles. The minimum Gasteiger partial charge on any atom is -0.335 e. The van der Waals surface area contributed by atoms with Crippen molar-refractivity contribution in [3.63, 3.8) is 0 Å². The van der Waals surface area contributed by atoms with E-state index in [1.54, 1.807) is 0 Å². The van der Waals surface area contributed by atoms with Crippen molar-refractivity contribution in [1.29, 1.82) is 0 Å². The predicted octanol–water partition coefficient (Wildman–Crippen LogP) is 3.84. The first-order valence-electron chi connectivity index (χ1n) is 7.14. The van der Waals surface area contributed by atoms with Gasteiger partial charge in [0.2, 0.25) is 0 Å². The van der Waals surface area contributed by atoms with Crippen LogP contribution in [0.15, 0.2) is 24.3 Å². The topological polar surface area (TPSA) is 84.3 Å². The molecule has 1 aromatic rings. The fourth-order valence-electron chi connectivity index (χ4n) is 2.61. The number of nitrogens with zero attached hydrogens (tertiary/aromatic N) is 1. The summed E-state index contributed by atoms with van der Waals surface area (Å²) in [6.45, 7) is 0. The Bertz CT molecular complexity index is 584. The first-order valence-corrected chi connectivity index (χ1v) is 7.14. The summed E-state index contributed by atoms with van der Waals surface area (Å²) in [7, 11) is 0. The van der Waals surface area contributed by atoms with Gasteiger partial charge in [0.1, 0.15) is 0 Å². The van der Waals surface area contributed by atoms with Gasteiger partial charge in [0.25, 0.3) is 5.69 Å². The number of non-ortho nitro benzene ring substituents is 1. The number of hydrogen-bond donors (Lipinski definition) is 2. The summed E-state index contributed by atoms with van der Waals surface area (Å²) < 4.78 is 37.7. The minimum atomic E-state index is -4.18. The third-order valence-electron chi connectivity index (χ3n) is 3.84. The van der Waals surface area contributed by atoms with Gasteiger partial charge in [0.15, 0.2) is 0 Å². The SMILES string of the molecule is O=C(Nc1cccc([N+](=O)[O-])c1)NC1CCC(C(F)(F)F)CC1. The number of nitro benzene ring substituents is 1. The molecule has 0 aromatic heterocycles. The zero-order chi connectivity index (χ0) is 17.0. The van der Waals surface area contributed by atoms with Crippen LogP contribution in [-0.4, -0.2) is 23.2 Å².